The molecule has 1 unspecified atom stereocenters. The van der Waals surface area contributed by atoms with Crippen molar-refractivity contribution >= 4 is 17.6 Å². The van der Waals surface area contributed by atoms with Crippen molar-refractivity contribution in [1.29, 1.82) is 0 Å². The lowest BCUT2D eigenvalue weighted by molar-refractivity contribution is 0.562. The van der Waals surface area contributed by atoms with E-state index in [9.17, 15) is 4.55 Å². The van der Waals surface area contributed by atoms with Crippen molar-refractivity contribution in [3.05, 3.63) is 17.7 Å². The molecule has 0 N–H and O–H groups in total. The van der Waals surface area contributed by atoms with Crippen LogP contribution >= 0.6 is 0 Å². The van der Waals surface area contributed by atoms with Gasteiger partial charge in [0.25, 0.3) is 0 Å². The van der Waals surface area contributed by atoms with Gasteiger partial charge in [0, 0.05) is 19.2 Å². The molecule has 0 bridgehead atoms. The van der Waals surface area contributed by atoms with Crippen LogP contribution in [0.3, 0.4) is 0 Å². The average molecular weight is 239 g/mol. The van der Waals surface area contributed by atoms with Crippen molar-refractivity contribution in [2.75, 3.05) is 0 Å². The van der Waals surface area contributed by atoms with Gasteiger partial charge in [-0.3, -0.25) is 0 Å². The first-order valence-electron chi connectivity index (χ1n) is 5.49. The molecule has 1 aliphatic rings. The van der Waals surface area contributed by atoms with Gasteiger partial charge in [-0.2, -0.15) is 0 Å². The molecule has 16 heavy (non-hydrogen) atoms. The van der Waals surface area contributed by atoms with Crippen LogP contribution in [-0.2, 0) is 24.3 Å². The standard InChI is InChI=1S/C11H17N3OS/c1-11(2,3)16(15)12-7-9-8-14-6-4-5-10(14)13-9/h7-8H,4-6H2,1-3H3. The van der Waals surface area contributed by atoms with Gasteiger partial charge in [0.1, 0.15) is 33.8 Å². The third kappa shape index (κ3) is 2.47. The van der Waals surface area contributed by atoms with Gasteiger partial charge >= 0.3 is 0 Å². The van der Waals surface area contributed by atoms with Gasteiger partial charge in [-0.05, 0) is 27.2 Å². The first kappa shape index (κ1) is 11.7. The maximum absolute atomic E-state index is 11.7. The summed E-state index contributed by atoms with van der Waals surface area (Å²) < 4.78 is 17.6. The van der Waals surface area contributed by atoms with Gasteiger partial charge in [-0.15, -0.1) is 0 Å². The quantitative estimate of drug-likeness (QED) is 0.583. The van der Waals surface area contributed by atoms with E-state index in [0.717, 1.165) is 24.5 Å². The number of aryl methyl sites for hydroxylation is 2. The van der Waals surface area contributed by atoms with E-state index in [1.165, 1.54) is 6.42 Å². The Bertz CT molecular complexity index is 384. The fraction of sp³-hybridized carbons (Fsp3) is 0.636. The lowest BCUT2D eigenvalue weighted by Gasteiger charge is -2.17. The molecule has 0 spiro atoms. The zero-order chi connectivity index (χ0) is 11.8. The summed E-state index contributed by atoms with van der Waals surface area (Å²) in [5.74, 6) is 1.11. The zero-order valence-corrected chi connectivity index (χ0v) is 10.8. The van der Waals surface area contributed by atoms with Gasteiger partial charge in [0.15, 0.2) is 0 Å². The minimum atomic E-state index is -1.20. The molecule has 1 aliphatic heterocycles. The SMILES string of the molecule is CC(C)(C)[S+]([O-])N=Cc1cn2c(n1)CCC2. The molecule has 0 radical (unpaired) electrons. The van der Waals surface area contributed by atoms with Crippen LogP contribution in [-0.4, -0.2) is 25.1 Å². The van der Waals surface area contributed by atoms with E-state index in [1.807, 2.05) is 27.0 Å². The molecule has 0 aliphatic carbocycles. The first-order chi connectivity index (χ1) is 7.47. The van der Waals surface area contributed by atoms with Crippen molar-refractivity contribution in [3.63, 3.8) is 0 Å². The predicted octanol–water partition coefficient (Wildman–Crippen LogP) is 1.71. The molecule has 0 fully saturated rings. The molecular formula is C11H17N3OS. The normalized spacial score (nSPS) is 18.0. The van der Waals surface area contributed by atoms with Crippen LogP contribution in [0.4, 0.5) is 0 Å². The molecule has 0 saturated carbocycles. The van der Waals surface area contributed by atoms with Crippen LogP contribution in [0.1, 0.15) is 38.7 Å². The van der Waals surface area contributed by atoms with Crippen LogP contribution in [0.25, 0.3) is 0 Å². The average Bonchev–Trinajstić information content (AvgIpc) is 2.71. The van der Waals surface area contributed by atoms with Gasteiger partial charge in [-0.25, -0.2) is 4.98 Å². The van der Waals surface area contributed by atoms with E-state index in [2.05, 4.69) is 13.9 Å². The Morgan fingerprint density at radius 3 is 2.94 bits per heavy atom. The third-order valence-electron chi connectivity index (χ3n) is 2.48. The molecule has 1 atom stereocenters. The Morgan fingerprint density at radius 1 is 1.56 bits per heavy atom. The van der Waals surface area contributed by atoms with Crippen molar-refractivity contribution < 1.29 is 4.55 Å². The Morgan fingerprint density at radius 2 is 2.31 bits per heavy atom. The molecule has 4 nitrogen and oxygen atoms in total. The number of aromatic nitrogens is 2. The molecule has 0 saturated heterocycles. The summed E-state index contributed by atoms with van der Waals surface area (Å²) in [5, 5.41) is 0. The highest BCUT2D eigenvalue weighted by Gasteiger charge is 2.26. The fourth-order valence-electron chi connectivity index (χ4n) is 1.60. The summed E-state index contributed by atoms with van der Waals surface area (Å²) in [6.45, 7) is 6.77. The van der Waals surface area contributed by atoms with E-state index in [-0.39, 0.29) is 4.75 Å². The van der Waals surface area contributed by atoms with E-state index in [0.29, 0.717) is 0 Å². The second-order valence-corrected chi connectivity index (χ2v) is 6.91. The molecule has 88 valence electrons. The lowest BCUT2D eigenvalue weighted by atomic mass is 10.3. The number of nitrogens with zero attached hydrogens (tertiary/aromatic N) is 3. The molecule has 0 amide bonds. The van der Waals surface area contributed by atoms with E-state index in [4.69, 9.17) is 0 Å². The molecule has 1 aromatic rings. The Labute approximate surface area is 99.1 Å². The minimum absolute atomic E-state index is 0.307. The van der Waals surface area contributed by atoms with Crippen LogP contribution < -0.4 is 0 Å². The van der Waals surface area contributed by atoms with Gasteiger partial charge in [0.05, 0.1) is 0 Å². The van der Waals surface area contributed by atoms with Crippen LogP contribution in [0.2, 0.25) is 0 Å². The van der Waals surface area contributed by atoms with Crippen LogP contribution in [0.5, 0.6) is 0 Å². The molecule has 0 aromatic carbocycles. The summed E-state index contributed by atoms with van der Waals surface area (Å²) in [7, 11) is 0. The number of hydrogen-bond acceptors (Lipinski definition) is 3. The maximum atomic E-state index is 11.7. The van der Waals surface area contributed by atoms with Crippen molar-refractivity contribution in [2.24, 2.45) is 4.40 Å². The molecule has 1 aromatic heterocycles. The summed E-state index contributed by atoms with van der Waals surface area (Å²) in [5.41, 5.74) is 0.812. The monoisotopic (exact) mass is 239 g/mol. The predicted molar refractivity (Wildman–Crippen MR) is 66.0 cm³/mol. The summed E-state index contributed by atoms with van der Waals surface area (Å²) >= 11 is -1.20. The number of imidazole rings is 1. The lowest BCUT2D eigenvalue weighted by Crippen LogP contribution is -2.25. The second-order valence-electron chi connectivity index (χ2n) is 4.97. The topological polar surface area (TPSA) is 53.2 Å². The van der Waals surface area contributed by atoms with Crippen molar-refractivity contribution in [2.45, 2.75) is 44.9 Å². The summed E-state index contributed by atoms with van der Waals surface area (Å²) in [4.78, 5) is 4.42. The van der Waals surface area contributed by atoms with Crippen LogP contribution in [0, 0.1) is 0 Å². The largest absolute Gasteiger partial charge is 0.591 e. The number of fused-ring (bicyclic) bond motifs is 1. The van der Waals surface area contributed by atoms with Gasteiger partial charge in [0.2, 0.25) is 0 Å². The van der Waals surface area contributed by atoms with Crippen molar-refractivity contribution in [1.82, 2.24) is 9.55 Å². The third-order valence-corrected chi connectivity index (χ3v) is 3.83. The van der Waals surface area contributed by atoms with Gasteiger partial charge < -0.3 is 9.12 Å². The highest BCUT2D eigenvalue weighted by Crippen LogP contribution is 2.17. The summed E-state index contributed by atoms with van der Waals surface area (Å²) in [6, 6.07) is 0. The molecular weight excluding hydrogens is 222 g/mol. The van der Waals surface area contributed by atoms with E-state index < -0.39 is 11.4 Å². The zero-order valence-electron chi connectivity index (χ0n) is 9.93. The smallest absolute Gasteiger partial charge is 0.144 e. The van der Waals surface area contributed by atoms with E-state index in [1.54, 1.807) is 6.21 Å². The first-order valence-corrected chi connectivity index (χ1v) is 6.59. The van der Waals surface area contributed by atoms with Crippen LogP contribution in [0.15, 0.2) is 10.6 Å². The van der Waals surface area contributed by atoms with Gasteiger partial charge in [-0.1, -0.05) is 4.40 Å². The highest BCUT2D eigenvalue weighted by atomic mass is 32.2. The Kier molecular flexibility index (Phi) is 3.08. The maximum Gasteiger partial charge on any atom is 0.144 e. The molecule has 2 rings (SSSR count). The highest BCUT2D eigenvalue weighted by molar-refractivity contribution is 7.91. The minimum Gasteiger partial charge on any atom is -0.591 e. The fourth-order valence-corrected chi connectivity index (χ4v) is 2.12. The summed E-state index contributed by atoms with van der Waals surface area (Å²) in [6.07, 6.45) is 5.81. The van der Waals surface area contributed by atoms with E-state index >= 15 is 0 Å². The number of hydrogen-bond donors (Lipinski definition) is 0. The second kappa shape index (κ2) is 4.22. The Balaban J connectivity index is 2.06. The Hall–Kier alpha value is -0.810. The number of rotatable bonds is 2. The molecule has 2 heterocycles. The molecule has 5 heteroatoms. The van der Waals surface area contributed by atoms with Crippen molar-refractivity contribution in [3.8, 4) is 0 Å².